The number of hydrogen-bond donors (Lipinski definition) is 4. The van der Waals surface area contributed by atoms with Crippen LogP contribution in [0.3, 0.4) is 0 Å². The van der Waals surface area contributed by atoms with Crippen LogP contribution in [0.4, 0.5) is 17.1 Å². The van der Waals surface area contributed by atoms with Gasteiger partial charge in [0.25, 0.3) is 5.91 Å². The van der Waals surface area contributed by atoms with Crippen LogP contribution in [0, 0.1) is 18.3 Å². The van der Waals surface area contributed by atoms with Crippen molar-refractivity contribution in [3.8, 4) is 23.4 Å². The van der Waals surface area contributed by atoms with Gasteiger partial charge >= 0.3 is 7.82 Å². The van der Waals surface area contributed by atoms with Gasteiger partial charge in [-0.25, -0.2) is 9.55 Å². The summed E-state index contributed by atoms with van der Waals surface area (Å²) >= 11 is 0. The molecule has 2 aromatic carbocycles. The summed E-state index contributed by atoms with van der Waals surface area (Å²) in [6, 6.07) is 12.3. The van der Waals surface area contributed by atoms with Crippen LogP contribution in [0.1, 0.15) is 18.1 Å². The van der Waals surface area contributed by atoms with Crippen molar-refractivity contribution in [3.05, 3.63) is 66.4 Å². The third-order valence-electron chi connectivity index (χ3n) is 5.85. The number of benzene rings is 2. The molecular weight excluding hydrogens is 567 g/mol. The van der Waals surface area contributed by atoms with Gasteiger partial charge in [-0.2, -0.15) is 5.26 Å². The summed E-state index contributed by atoms with van der Waals surface area (Å²) in [7, 11) is -4.85. The Kier molecular flexibility index (Phi) is 7.96. The average Bonchev–Trinajstić information content (AvgIpc) is 3.42. The highest BCUT2D eigenvalue weighted by molar-refractivity contribution is 7.46. The van der Waals surface area contributed by atoms with Crippen LogP contribution in [-0.2, 0) is 13.9 Å². The van der Waals surface area contributed by atoms with Crippen molar-refractivity contribution in [2.75, 3.05) is 23.8 Å². The monoisotopic (exact) mass is 590 g/mol. The standard InChI is InChI=1S/C26H23N8O7P/c1-3-39-22-8-19-18(7-20(22)32-24(35)12-40-42(36,37)38)26(16(10-27)11-28-19)31-17-4-5-21(15(2)6-17)41-25-9-23-33-30-14-34(23)13-29-25/h4-9,11,13-14H,3,12H2,1-2H3,(H,28,31)(H,32,35)(H2,36,37,38). The lowest BCUT2D eigenvalue weighted by molar-refractivity contribution is -0.118. The van der Waals surface area contributed by atoms with Gasteiger partial charge in [-0.05, 0) is 43.7 Å². The largest absolute Gasteiger partial charge is 0.492 e. The predicted octanol–water partition coefficient (Wildman–Crippen LogP) is 3.84. The second kappa shape index (κ2) is 11.8. The van der Waals surface area contributed by atoms with E-state index in [2.05, 4.69) is 41.4 Å². The predicted molar refractivity (Wildman–Crippen MR) is 150 cm³/mol. The molecule has 5 rings (SSSR count). The number of nitrogens with one attached hydrogen (secondary N) is 2. The highest BCUT2D eigenvalue weighted by atomic mass is 31.2. The molecule has 0 saturated heterocycles. The van der Waals surface area contributed by atoms with Crippen LogP contribution in [-0.4, -0.2) is 53.5 Å². The van der Waals surface area contributed by atoms with Gasteiger partial charge in [0.05, 0.1) is 29.1 Å². The molecule has 3 heterocycles. The third-order valence-corrected chi connectivity index (χ3v) is 6.31. The van der Waals surface area contributed by atoms with Crippen molar-refractivity contribution < 1.29 is 33.1 Å². The Hall–Kier alpha value is -5.13. The number of aryl methyl sites for hydroxylation is 1. The van der Waals surface area contributed by atoms with E-state index in [1.54, 1.807) is 48.0 Å². The zero-order valence-corrected chi connectivity index (χ0v) is 23.1. The van der Waals surface area contributed by atoms with Crippen LogP contribution in [0.15, 0.2) is 55.2 Å². The van der Waals surface area contributed by atoms with E-state index in [0.717, 1.165) is 5.56 Å². The van der Waals surface area contributed by atoms with E-state index in [9.17, 15) is 14.6 Å². The van der Waals surface area contributed by atoms with Crippen LogP contribution < -0.4 is 20.1 Å². The van der Waals surface area contributed by atoms with Crippen molar-refractivity contribution in [1.82, 2.24) is 24.6 Å². The Balaban J connectivity index is 1.46. The summed E-state index contributed by atoms with van der Waals surface area (Å²) in [6.07, 6.45) is 4.50. The van der Waals surface area contributed by atoms with Gasteiger partial charge in [0.2, 0.25) is 5.88 Å². The van der Waals surface area contributed by atoms with Crippen molar-refractivity contribution >= 4 is 47.3 Å². The number of carbonyl (C=O) groups is 1. The lowest BCUT2D eigenvalue weighted by Crippen LogP contribution is -2.18. The van der Waals surface area contributed by atoms with Gasteiger partial charge in [-0.3, -0.25) is 18.7 Å². The number of fused-ring (bicyclic) bond motifs is 2. The van der Waals surface area contributed by atoms with E-state index in [1.165, 1.54) is 12.5 Å². The van der Waals surface area contributed by atoms with Gasteiger partial charge in [-0.1, -0.05) is 0 Å². The first-order valence-electron chi connectivity index (χ1n) is 12.3. The molecule has 0 aliphatic rings. The van der Waals surface area contributed by atoms with E-state index in [-0.39, 0.29) is 23.6 Å². The maximum absolute atomic E-state index is 12.4. The highest BCUT2D eigenvalue weighted by Gasteiger charge is 2.19. The van der Waals surface area contributed by atoms with Gasteiger partial charge in [0.15, 0.2) is 5.65 Å². The maximum Gasteiger partial charge on any atom is 0.470 e. The highest BCUT2D eigenvalue weighted by Crippen LogP contribution is 2.38. The number of hydrogen-bond acceptors (Lipinski definition) is 11. The SMILES string of the molecule is CCOc1cc2ncc(C#N)c(Nc3ccc(Oc4cc5nncn5cn4)c(C)c3)c2cc1NC(=O)COP(=O)(O)O. The minimum atomic E-state index is -4.85. The molecule has 0 atom stereocenters. The molecule has 0 unspecified atom stereocenters. The minimum absolute atomic E-state index is 0.195. The van der Waals surface area contributed by atoms with Gasteiger partial charge in [-0.15, -0.1) is 10.2 Å². The number of nitriles is 1. The fraction of sp³-hybridized carbons (Fsp3) is 0.154. The number of anilines is 3. The number of aromatic nitrogens is 5. The molecule has 0 radical (unpaired) electrons. The van der Waals surface area contributed by atoms with Gasteiger partial charge < -0.3 is 29.9 Å². The molecule has 1 amide bonds. The van der Waals surface area contributed by atoms with E-state index < -0.39 is 20.3 Å². The van der Waals surface area contributed by atoms with Crippen molar-refractivity contribution in [1.29, 1.82) is 5.26 Å². The third kappa shape index (κ3) is 6.43. The smallest absolute Gasteiger partial charge is 0.470 e. The minimum Gasteiger partial charge on any atom is -0.492 e. The second-order valence-electron chi connectivity index (χ2n) is 8.80. The maximum atomic E-state index is 12.4. The zero-order valence-electron chi connectivity index (χ0n) is 22.2. The van der Waals surface area contributed by atoms with Crippen molar-refractivity contribution in [3.63, 3.8) is 0 Å². The molecule has 15 nitrogen and oxygen atoms in total. The summed E-state index contributed by atoms with van der Waals surface area (Å²) < 4.78 is 28.5. The molecule has 0 bridgehead atoms. The van der Waals surface area contributed by atoms with Gasteiger partial charge in [0.1, 0.15) is 36.8 Å². The summed E-state index contributed by atoms with van der Waals surface area (Å²) in [5, 5.41) is 23.9. The normalized spacial score (nSPS) is 11.3. The molecule has 16 heteroatoms. The molecule has 42 heavy (non-hydrogen) atoms. The lowest BCUT2D eigenvalue weighted by atomic mass is 10.1. The quantitative estimate of drug-likeness (QED) is 0.171. The lowest BCUT2D eigenvalue weighted by Gasteiger charge is -2.17. The number of phosphoric acid groups is 1. The number of pyridine rings is 1. The van der Waals surface area contributed by atoms with Crippen molar-refractivity contribution in [2.45, 2.75) is 13.8 Å². The first kappa shape index (κ1) is 28.4. The number of nitrogens with zero attached hydrogens (tertiary/aromatic N) is 6. The first-order valence-corrected chi connectivity index (χ1v) is 13.9. The van der Waals surface area contributed by atoms with Crippen molar-refractivity contribution in [2.24, 2.45) is 0 Å². The van der Waals surface area contributed by atoms with E-state index in [0.29, 0.717) is 39.6 Å². The second-order valence-corrected chi connectivity index (χ2v) is 10.0. The Morgan fingerprint density at radius 1 is 1.14 bits per heavy atom. The van der Waals surface area contributed by atoms with Crippen LogP contribution in [0.5, 0.6) is 17.4 Å². The van der Waals surface area contributed by atoms with E-state index in [1.807, 2.05) is 13.0 Å². The zero-order chi connectivity index (χ0) is 29.9. The molecule has 0 aliphatic heterocycles. The van der Waals surface area contributed by atoms with Gasteiger partial charge in [0, 0.05) is 29.4 Å². The molecule has 0 spiro atoms. The Labute approximate surface area is 238 Å². The molecule has 214 valence electrons. The Morgan fingerprint density at radius 3 is 2.71 bits per heavy atom. The summed E-state index contributed by atoms with van der Waals surface area (Å²) in [5.74, 6) is 0.354. The number of amides is 1. The molecule has 0 saturated carbocycles. The molecule has 0 fully saturated rings. The number of ether oxygens (including phenoxy) is 2. The number of phosphoric ester groups is 1. The van der Waals surface area contributed by atoms with Crippen LogP contribution >= 0.6 is 7.82 Å². The number of rotatable bonds is 10. The number of carbonyl (C=O) groups excluding carboxylic acids is 1. The topological polar surface area (TPSA) is 206 Å². The van der Waals surface area contributed by atoms with E-state index >= 15 is 0 Å². The summed E-state index contributed by atoms with van der Waals surface area (Å²) in [5.41, 5.74) is 3.31. The molecule has 3 aromatic heterocycles. The van der Waals surface area contributed by atoms with Crippen LogP contribution in [0.25, 0.3) is 16.6 Å². The Morgan fingerprint density at radius 2 is 1.98 bits per heavy atom. The summed E-state index contributed by atoms with van der Waals surface area (Å²) in [6.45, 7) is 2.99. The molecule has 0 aliphatic carbocycles. The van der Waals surface area contributed by atoms with Crippen LogP contribution in [0.2, 0.25) is 0 Å². The van der Waals surface area contributed by atoms with E-state index in [4.69, 9.17) is 19.3 Å². The summed E-state index contributed by atoms with van der Waals surface area (Å²) in [4.78, 5) is 38.8. The molecular formula is C26H23N8O7P. The Bertz CT molecular complexity index is 1900. The fourth-order valence-electron chi connectivity index (χ4n) is 4.01. The molecule has 4 N–H and O–H groups in total. The average molecular weight is 590 g/mol. The first-order chi connectivity index (χ1) is 20.1. The fourth-order valence-corrected chi connectivity index (χ4v) is 4.29. The molecule has 5 aromatic rings.